The van der Waals surface area contributed by atoms with Crippen LogP contribution in [0, 0.1) is 0 Å². The summed E-state index contributed by atoms with van der Waals surface area (Å²) < 4.78 is 11.1. The molecular weight excluding hydrogens is 318 g/mol. The van der Waals surface area contributed by atoms with Gasteiger partial charge in [-0.25, -0.2) is 0 Å². The first-order chi connectivity index (χ1) is 12.1. The third kappa shape index (κ3) is 3.48. The van der Waals surface area contributed by atoms with E-state index in [1.54, 1.807) is 31.2 Å². The van der Waals surface area contributed by atoms with Crippen LogP contribution in [-0.4, -0.2) is 35.7 Å². The van der Waals surface area contributed by atoms with Crippen LogP contribution in [-0.2, 0) is 14.3 Å². The molecule has 0 unspecified atom stereocenters. The summed E-state index contributed by atoms with van der Waals surface area (Å²) in [6.07, 6.45) is -1.24. The Balaban J connectivity index is 1.87. The highest BCUT2D eigenvalue weighted by Crippen LogP contribution is 2.38. The molecule has 1 aliphatic heterocycles. The van der Waals surface area contributed by atoms with Crippen molar-refractivity contribution in [2.45, 2.75) is 32.3 Å². The molecule has 0 aliphatic carbocycles. The topological polar surface area (TPSA) is 55.8 Å². The minimum absolute atomic E-state index is 0.316. The molecule has 5 nitrogen and oxygen atoms in total. The van der Waals surface area contributed by atoms with Crippen LogP contribution in [0.2, 0.25) is 0 Å². The molecule has 3 atom stereocenters. The minimum atomic E-state index is -0.725. The van der Waals surface area contributed by atoms with Gasteiger partial charge < -0.3 is 9.47 Å². The van der Waals surface area contributed by atoms with Crippen LogP contribution < -0.4 is 0 Å². The number of ether oxygens (including phenoxy) is 2. The van der Waals surface area contributed by atoms with Gasteiger partial charge in [0, 0.05) is 12.2 Å². The van der Waals surface area contributed by atoms with Crippen molar-refractivity contribution in [1.29, 1.82) is 0 Å². The highest BCUT2D eigenvalue weighted by atomic mass is 16.7. The molecule has 1 saturated heterocycles. The van der Waals surface area contributed by atoms with E-state index in [9.17, 15) is 9.59 Å². The Morgan fingerprint density at radius 1 is 1.08 bits per heavy atom. The van der Waals surface area contributed by atoms with E-state index in [1.165, 1.54) is 4.90 Å². The van der Waals surface area contributed by atoms with Crippen molar-refractivity contribution in [3.63, 3.8) is 0 Å². The molecule has 1 heterocycles. The lowest BCUT2D eigenvalue weighted by atomic mass is 9.89. The van der Waals surface area contributed by atoms with E-state index in [2.05, 4.69) is 0 Å². The Bertz CT molecular complexity index is 732. The van der Waals surface area contributed by atoms with E-state index in [-0.39, 0.29) is 11.8 Å². The number of β-lactam (4-membered cyclic amide) rings is 1. The van der Waals surface area contributed by atoms with Crippen LogP contribution in [0.3, 0.4) is 0 Å². The van der Waals surface area contributed by atoms with Crippen LogP contribution in [0.4, 0.5) is 0 Å². The Morgan fingerprint density at radius 3 is 2.28 bits per heavy atom. The lowest BCUT2D eigenvalue weighted by Gasteiger charge is -2.46. The van der Waals surface area contributed by atoms with Crippen LogP contribution in [0.1, 0.15) is 35.8 Å². The van der Waals surface area contributed by atoms with Gasteiger partial charge in [0.15, 0.2) is 12.4 Å². The standard InChI is InChI=1S/C20H21NO4/c1-3-24-14(2)25-18-17(15-10-6-4-7-11-15)21(20(18)23)19(22)16-12-8-5-9-13-16/h4-14,17-18H,3H2,1-2H3/t14-,17+,18+/m1/s1. The Morgan fingerprint density at radius 2 is 1.68 bits per heavy atom. The fraction of sp³-hybridized carbons (Fsp3) is 0.300. The lowest BCUT2D eigenvalue weighted by Crippen LogP contribution is -2.62. The van der Waals surface area contributed by atoms with Crippen molar-refractivity contribution >= 4 is 11.8 Å². The van der Waals surface area contributed by atoms with Crippen molar-refractivity contribution in [3.05, 3.63) is 71.8 Å². The normalized spacial score (nSPS) is 20.9. The van der Waals surface area contributed by atoms with Gasteiger partial charge in [0.2, 0.25) is 0 Å². The smallest absolute Gasteiger partial charge is 0.261 e. The predicted molar refractivity (Wildman–Crippen MR) is 92.8 cm³/mol. The Hall–Kier alpha value is -2.50. The second kappa shape index (κ2) is 7.59. The number of hydrogen-bond acceptors (Lipinski definition) is 4. The van der Waals surface area contributed by atoms with Crippen LogP contribution in [0.15, 0.2) is 60.7 Å². The molecule has 0 saturated carbocycles. The van der Waals surface area contributed by atoms with Gasteiger partial charge in [-0.15, -0.1) is 0 Å². The summed E-state index contributed by atoms with van der Waals surface area (Å²) >= 11 is 0. The fourth-order valence-electron chi connectivity index (χ4n) is 3.00. The van der Waals surface area contributed by atoms with Crippen molar-refractivity contribution in [2.24, 2.45) is 0 Å². The average molecular weight is 339 g/mol. The van der Waals surface area contributed by atoms with Gasteiger partial charge in [-0.3, -0.25) is 14.5 Å². The second-order valence-electron chi connectivity index (χ2n) is 5.81. The highest BCUT2D eigenvalue weighted by molar-refractivity contribution is 6.10. The zero-order chi connectivity index (χ0) is 17.8. The molecule has 130 valence electrons. The highest BCUT2D eigenvalue weighted by Gasteiger charge is 2.53. The molecule has 0 radical (unpaired) electrons. The van der Waals surface area contributed by atoms with Gasteiger partial charge in [-0.05, 0) is 31.5 Å². The maximum atomic E-state index is 12.8. The Kier molecular flexibility index (Phi) is 5.26. The molecule has 0 spiro atoms. The summed E-state index contributed by atoms with van der Waals surface area (Å²) in [5.41, 5.74) is 1.34. The van der Waals surface area contributed by atoms with E-state index in [0.717, 1.165) is 5.56 Å². The molecule has 1 aliphatic rings. The number of carbonyl (C=O) groups is 2. The first kappa shape index (κ1) is 17.3. The number of amides is 2. The third-order valence-electron chi connectivity index (χ3n) is 4.17. The lowest BCUT2D eigenvalue weighted by molar-refractivity contribution is -0.209. The van der Waals surface area contributed by atoms with Crippen LogP contribution in [0.25, 0.3) is 0 Å². The summed E-state index contributed by atoms with van der Waals surface area (Å²) in [5.74, 6) is -0.655. The second-order valence-corrected chi connectivity index (χ2v) is 5.81. The SMILES string of the molecule is CCO[C@@H](C)O[C@@H]1C(=O)N(C(=O)c2ccccc2)[C@H]1c1ccccc1. The maximum absolute atomic E-state index is 12.8. The molecule has 2 aromatic rings. The summed E-state index contributed by atoms with van der Waals surface area (Å²) in [7, 11) is 0. The van der Waals surface area contributed by atoms with Gasteiger partial charge in [-0.2, -0.15) is 0 Å². The molecular formula is C20H21NO4. The number of carbonyl (C=O) groups excluding carboxylic acids is 2. The molecule has 1 fully saturated rings. The molecule has 3 rings (SSSR count). The summed E-state index contributed by atoms with van der Waals surface area (Å²) in [5, 5.41) is 0. The zero-order valence-corrected chi connectivity index (χ0v) is 14.3. The first-order valence-corrected chi connectivity index (χ1v) is 8.38. The summed E-state index contributed by atoms with van der Waals surface area (Å²) in [6.45, 7) is 4.10. The molecule has 25 heavy (non-hydrogen) atoms. The maximum Gasteiger partial charge on any atom is 0.261 e. The number of rotatable bonds is 6. The number of benzene rings is 2. The molecule has 0 bridgehead atoms. The molecule has 0 aromatic heterocycles. The van der Waals surface area contributed by atoms with Crippen molar-refractivity contribution < 1.29 is 19.1 Å². The van der Waals surface area contributed by atoms with Crippen LogP contribution >= 0.6 is 0 Å². The van der Waals surface area contributed by atoms with Crippen LogP contribution in [0.5, 0.6) is 0 Å². The van der Waals surface area contributed by atoms with E-state index in [0.29, 0.717) is 12.2 Å². The van der Waals surface area contributed by atoms with E-state index < -0.39 is 18.4 Å². The number of nitrogens with zero attached hydrogens (tertiary/aromatic N) is 1. The summed E-state index contributed by atoms with van der Waals surface area (Å²) in [6, 6.07) is 17.8. The van der Waals surface area contributed by atoms with E-state index in [1.807, 2.05) is 43.3 Å². The predicted octanol–water partition coefficient (Wildman–Crippen LogP) is 3.18. The monoisotopic (exact) mass is 339 g/mol. The molecule has 2 amide bonds. The van der Waals surface area contributed by atoms with Gasteiger partial charge in [0.1, 0.15) is 6.04 Å². The third-order valence-corrected chi connectivity index (χ3v) is 4.17. The van der Waals surface area contributed by atoms with Gasteiger partial charge >= 0.3 is 0 Å². The van der Waals surface area contributed by atoms with E-state index >= 15 is 0 Å². The van der Waals surface area contributed by atoms with E-state index in [4.69, 9.17) is 9.47 Å². The number of hydrogen-bond donors (Lipinski definition) is 0. The largest absolute Gasteiger partial charge is 0.353 e. The van der Waals surface area contributed by atoms with Crippen molar-refractivity contribution in [3.8, 4) is 0 Å². The van der Waals surface area contributed by atoms with Gasteiger partial charge in [-0.1, -0.05) is 48.5 Å². The average Bonchev–Trinajstić information content (AvgIpc) is 2.65. The minimum Gasteiger partial charge on any atom is -0.353 e. The molecule has 0 N–H and O–H groups in total. The van der Waals surface area contributed by atoms with Gasteiger partial charge in [0.25, 0.3) is 11.8 Å². The van der Waals surface area contributed by atoms with Crippen molar-refractivity contribution in [1.82, 2.24) is 4.90 Å². The summed E-state index contributed by atoms with van der Waals surface area (Å²) in [4.78, 5) is 26.7. The fourth-order valence-corrected chi connectivity index (χ4v) is 3.00. The molecule has 2 aromatic carbocycles. The molecule has 5 heteroatoms. The number of likely N-dealkylation sites (tertiary alicyclic amines) is 1. The van der Waals surface area contributed by atoms with Gasteiger partial charge in [0.05, 0.1) is 0 Å². The zero-order valence-electron chi connectivity index (χ0n) is 14.3. The van der Waals surface area contributed by atoms with Crippen molar-refractivity contribution in [2.75, 3.05) is 6.61 Å². The Labute approximate surface area is 147 Å². The number of imide groups is 1. The first-order valence-electron chi connectivity index (χ1n) is 8.38. The quantitative estimate of drug-likeness (QED) is 0.461.